The molecule has 0 bridgehead atoms. The van der Waals surface area contributed by atoms with Crippen LogP contribution in [0.1, 0.15) is 43.6 Å². The van der Waals surface area contributed by atoms with Gasteiger partial charge in [0.15, 0.2) is 0 Å². The first-order valence-electron chi connectivity index (χ1n) is 7.52. The monoisotopic (exact) mass is 362 g/mol. The molecule has 6 heteroatoms. The Morgan fingerprint density at radius 1 is 1.32 bits per heavy atom. The van der Waals surface area contributed by atoms with Gasteiger partial charge in [0, 0.05) is 12.5 Å². The van der Waals surface area contributed by atoms with Gasteiger partial charge in [-0.1, -0.05) is 48.2 Å². The number of nitrogens with two attached hydrogens (primary N) is 1. The van der Waals surface area contributed by atoms with Crippen LogP contribution < -0.4 is 11.1 Å². The summed E-state index contributed by atoms with van der Waals surface area (Å²) >= 11 is 12.3. The van der Waals surface area contributed by atoms with E-state index < -0.39 is 0 Å². The minimum atomic E-state index is -0.178. The Hall–Kier alpha value is -0.480. The number of nitrogens with one attached hydrogen (secondary N) is 1. The number of amides is 1. The van der Waals surface area contributed by atoms with Crippen LogP contribution in [0.3, 0.4) is 0 Å². The molecule has 22 heavy (non-hydrogen) atoms. The van der Waals surface area contributed by atoms with Gasteiger partial charge in [0.2, 0.25) is 5.91 Å². The summed E-state index contributed by atoms with van der Waals surface area (Å²) in [7, 11) is 0. The van der Waals surface area contributed by atoms with Gasteiger partial charge in [-0.25, -0.2) is 0 Å². The Morgan fingerprint density at radius 2 is 2.00 bits per heavy atom. The van der Waals surface area contributed by atoms with Crippen molar-refractivity contribution in [2.45, 2.75) is 43.6 Å². The summed E-state index contributed by atoms with van der Waals surface area (Å²) in [5.74, 6) is 0.306. The molecule has 2 aliphatic carbocycles. The first-order valence-corrected chi connectivity index (χ1v) is 8.28. The van der Waals surface area contributed by atoms with Gasteiger partial charge in [-0.2, -0.15) is 0 Å². The van der Waals surface area contributed by atoms with Crippen LogP contribution in [0.2, 0.25) is 10.0 Å². The van der Waals surface area contributed by atoms with Crippen LogP contribution in [0.5, 0.6) is 0 Å². The normalized spacial score (nSPS) is 25.4. The van der Waals surface area contributed by atoms with Crippen molar-refractivity contribution < 1.29 is 4.79 Å². The molecular formula is C16H21Cl3N2O. The number of rotatable bonds is 4. The fourth-order valence-electron chi connectivity index (χ4n) is 3.42. The molecule has 1 aromatic rings. The smallest absolute Gasteiger partial charge is 0.224 e. The lowest BCUT2D eigenvalue weighted by atomic mass is 9.97. The van der Waals surface area contributed by atoms with Crippen molar-refractivity contribution >= 4 is 41.5 Å². The molecule has 2 fully saturated rings. The summed E-state index contributed by atoms with van der Waals surface area (Å²) in [6.45, 7) is 0.522. The van der Waals surface area contributed by atoms with Gasteiger partial charge >= 0.3 is 0 Å². The molecule has 3 N–H and O–H groups in total. The van der Waals surface area contributed by atoms with Gasteiger partial charge < -0.3 is 11.1 Å². The number of carbonyl (C=O) groups is 1. The van der Waals surface area contributed by atoms with E-state index in [1.165, 1.54) is 0 Å². The molecule has 1 aromatic carbocycles. The topological polar surface area (TPSA) is 55.1 Å². The third kappa shape index (κ3) is 3.38. The molecule has 2 saturated carbocycles. The maximum absolute atomic E-state index is 12.5. The molecule has 0 aliphatic heterocycles. The van der Waals surface area contributed by atoms with E-state index in [4.69, 9.17) is 28.9 Å². The van der Waals surface area contributed by atoms with E-state index in [1.807, 2.05) is 12.1 Å². The highest BCUT2D eigenvalue weighted by atomic mass is 35.5. The van der Waals surface area contributed by atoms with Crippen molar-refractivity contribution in [2.75, 3.05) is 6.54 Å². The number of hydrogen-bond donors (Lipinski definition) is 2. The summed E-state index contributed by atoms with van der Waals surface area (Å²) < 4.78 is 0. The third-order valence-electron chi connectivity index (χ3n) is 4.85. The van der Waals surface area contributed by atoms with Gasteiger partial charge in [0.05, 0.1) is 15.6 Å². The number of hydrogen-bond acceptors (Lipinski definition) is 2. The van der Waals surface area contributed by atoms with Gasteiger partial charge in [-0.15, -0.1) is 12.4 Å². The average molecular weight is 364 g/mol. The zero-order valence-electron chi connectivity index (χ0n) is 12.3. The van der Waals surface area contributed by atoms with Gasteiger partial charge in [-0.3, -0.25) is 4.79 Å². The van der Waals surface area contributed by atoms with Crippen molar-refractivity contribution in [3.05, 3.63) is 33.8 Å². The molecule has 1 amide bonds. The lowest BCUT2D eigenvalue weighted by molar-refractivity contribution is -0.124. The lowest BCUT2D eigenvalue weighted by Gasteiger charge is -2.28. The largest absolute Gasteiger partial charge is 0.349 e. The average Bonchev–Trinajstić information content (AvgIpc) is 3.14. The summed E-state index contributed by atoms with van der Waals surface area (Å²) in [6.07, 6.45) is 5.11. The SMILES string of the molecule is Cl.NCC1(NC(=O)C2CC2c2cccc(Cl)c2Cl)CCCC1. The van der Waals surface area contributed by atoms with Crippen molar-refractivity contribution in [1.82, 2.24) is 5.32 Å². The molecule has 0 radical (unpaired) electrons. The Morgan fingerprint density at radius 3 is 2.64 bits per heavy atom. The summed E-state index contributed by atoms with van der Waals surface area (Å²) in [4.78, 5) is 12.5. The van der Waals surface area contributed by atoms with E-state index in [0.717, 1.165) is 37.7 Å². The van der Waals surface area contributed by atoms with Gasteiger partial charge in [0.1, 0.15) is 0 Å². The fourth-order valence-corrected chi connectivity index (χ4v) is 3.87. The fraction of sp³-hybridized carbons (Fsp3) is 0.562. The van der Waals surface area contributed by atoms with Gasteiger partial charge in [0.25, 0.3) is 0 Å². The molecule has 0 saturated heterocycles. The molecule has 0 spiro atoms. The molecule has 3 rings (SSSR count). The van der Waals surface area contributed by atoms with E-state index in [1.54, 1.807) is 6.07 Å². The first-order chi connectivity index (χ1) is 10.1. The van der Waals surface area contributed by atoms with Crippen molar-refractivity contribution in [3.8, 4) is 0 Å². The molecular weight excluding hydrogens is 343 g/mol. The third-order valence-corrected chi connectivity index (χ3v) is 5.68. The highest BCUT2D eigenvalue weighted by Gasteiger charge is 2.47. The second-order valence-electron chi connectivity index (χ2n) is 6.27. The summed E-state index contributed by atoms with van der Waals surface area (Å²) in [6, 6.07) is 5.61. The number of benzene rings is 1. The minimum Gasteiger partial charge on any atom is -0.349 e. The van der Waals surface area contributed by atoms with Gasteiger partial charge in [-0.05, 0) is 36.8 Å². The zero-order valence-corrected chi connectivity index (χ0v) is 14.6. The Bertz CT molecular complexity index is 558. The maximum atomic E-state index is 12.5. The second-order valence-corrected chi connectivity index (χ2v) is 7.06. The van der Waals surface area contributed by atoms with Crippen LogP contribution in [-0.4, -0.2) is 18.0 Å². The highest BCUT2D eigenvalue weighted by molar-refractivity contribution is 6.42. The van der Waals surface area contributed by atoms with E-state index >= 15 is 0 Å². The molecule has 2 unspecified atom stereocenters. The lowest BCUT2D eigenvalue weighted by Crippen LogP contribution is -2.52. The maximum Gasteiger partial charge on any atom is 0.224 e. The molecule has 3 nitrogen and oxygen atoms in total. The predicted octanol–water partition coefficient (Wildman–Crippen LogP) is 3.91. The standard InChI is InChI=1S/C16H20Cl2N2O.ClH/c17-13-5-3-4-10(14(13)18)11-8-12(11)15(21)20-16(9-19)6-1-2-7-16;/h3-5,11-12H,1-2,6-9,19H2,(H,20,21);1H. The van der Waals surface area contributed by atoms with Crippen LogP contribution in [0.15, 0.2) is 18.2 Å². The number of carbonyl (C=O) groups excluding carboxylic acids is 1. The van der Waals surface area contributed by atoms with E-state index in [-0.39, 0.29) is 35.7 Å². The van der Waals surface area contributed by atoms with Crippen LogP contribution >= 0.6 is 35.6 Å². The van der Waals surface area contributed by atoms with Crippen LogP contribution in [0, 0.1) is 5.92 Å². The molecule has 122 valence electrons. The molecule has 0 aromatic heterocycles. The Labute approximate surface area is 147 Å². The Balaban J connectivity index is 0.00000176. The quantitative estimate of drug-likeness (QED) is 0.852. The minimum absolute atomic E-state index is 0. The van der Waals surface area contributed by atoms with Crippen LogP contribution in [0.4, 0.5) is 0 Å². The van der Waals surface area contributed by atoms with Crippen molar-refractivity contribution in [3.63, 3.8) is 0 Å². The highest BCUT2D eigenvalue weighted by Crippen LogP contribution is 2.51. The van der Waals surface area contributed by atoms with E-state index in [9.17, 15) is 4.79 Å². The number of halogens is 3. The summed E-state index contributed by atoms with van der Waals surface area (Å²) in [5, 5.41) is 4.33. The first kappa shape index (κ1) is 17.9. The molecule has 0 heterocycles. The van der Waals surface area contributed by atoms with Crippen LogP contribution in [0.25, 0.3) is 0 Å². The predicted molar refractivity (Wildman–Crippen MR) is 93.0 cm³/mol. The van der Waals surface area contributed by atoms with E-state index in [2.05, 4.69) is 5.32 Å². The summed E-state index contributed by atoms with van der Waals surface area (Å²) in [5.41, 5.74) is 6.68. The van der Waals surface area contributed by atoms with Crippen molar-refractivity contribution in [2.24, 2.45) is 11.7 Å². The van der Waals surface area contributed by atoms with Crippen molar-refractivity contribution in [1.29, 1.82) is 0 Å². The Kier molecular flexibility index (Phi) is 5.65. The van der Waals surface area contributed by atoms with Crippen LogP contribution in [-0.2, 0) is 4.79 Å². The molecule has 2 aliphatic rings. The zero-order chi connectivity index (χ0) is 15.0. The second kappa shape index (κ2) is 6.96. The van der Waals surface area contributed by atoms with E-state index in [0.29, 0.717) is 16.6 Å². The molecule has 2 atom stereocenters.